The largest absolute Gasteiger partial charge is 0.490 e. The van der Waals surface area contributed by atoms with E-state index in [0.29, 0.717) is 23.5 Å². The Morgan fingerprint density at radius 2 is 1.61 bits per heavy atom. The highest BCUT2D eigenvalue weighted by molar-refractivity contribution is 9.09. The fraction of sp³-hybridized carbons (Fsp3) is 0.786. The number of rotatable bonds is 15. The lowest BCUT2D eigenvalue weighted by atomic mass is 9.44. The smallest absolute Gasteiger partial charge is 0.330 e. The van der Waals surface area contributed by atoms with Gasteiger partial charge in [-0.3, -0.25) is 0 Å². The molecule has 9 atom stereocenters. The molecule has 5 unspecified atom stereocenters. The number of alkyl halides is 1. The van der Waals surface area contributed by atoms with E-state index in [4.69, 9.17) is 9.47 Å². The number of ether oxygens (including phenoxy) is 2. The minimum absolute atomic E-state index is 0.261. The van der Waals surface area contributed by atoms with Crippen molar-refractivity contribution in [3.8, 4) is 5.75 Å². The number of hydrogen-bond acceptors (Lipinski definition) is 3. The van der Waals surface area contributed by atoms with E-state index in [0.717, 1.165) is 70.9 Å². The lowest BCUT2D eigenvalue weighted by molar-refractivity contribution is -0.137. The van der Waals surface area contributed by atoms with Gasteiger partial charge in [-0.1, -0.05) is 94.8 Å². The molecule has 4 heteroatoms. The molecule has 0 aromatic heterocycles. The molecule has 3 nitrogen and oxygen atoms in total. The maximum Gasteiger partial charge on any atom is 0.330 e. The predicted molar refractivity (Wildman–Crippen MR) is 196 cm³/mol. The summed E-state index contributed by atoms with van der Waals surface area (Å²) in [5.41, 5.74) is 2.07. The van der Waals surface area contributed by atoms with E-state index in [1.165, 1.54) is 89.9 Å². The zero-order chi connectivity index (χ0) is 32.7. The molecular formula is C42H65BrO3. The summed E-state index contributed by atoms with van der Waals surface area (Å²) in [4.78, 5) is 12.1. The van der Waals surface area contributed by atoms with Crippen molar-refractivity contribution in [2.24, 2.45) is 52.3 Å². The van der Waals surface area contributed by atoms with Gasteiger partial charge in [0, 0.05) is 11.4 Å². The maximum absolute atomic E-state index is 12.1. The molecule has 0 saturated heterocycles. The minimum Gasteiger partial charge on any atom is -0.490 e. The molecule has 4 aliphatic carbocycles. The summed E-state index contributed by atoms with van der Waals surface area (Å²) >= 11 is 3.46. The van der Waals surface area contributed by atoms with Gasteiger partial charge in [0.25, 0.3) is 0 Å². The lowest BCUT2D eigenvalue weighted by Crippen LogP contribution is -2.54. The van der Waals surface area contributed by atoms with Crippen LogP contribution in [0.2, 0.25) is 0 Å². The van der Waals surface area contributed by atoms with Crippen LogP contribution in [0.5, 0.6) is 5.75 Å². The third kappa shape index (κ3) is 8.46. The first-order chi connectivity index (χ1) is 22.1. The van der Waals surface area contributed by atoms with Crippen LogP contribution in [0, 0.1) is 52.3 Å². The number of fused-ring (bicyclic) bond motifs is 5. The Kier molecular flexibility index (Phi) is 12.8. The SMILES string of the molecule is CC(C)CCC[C@@H](C)[C@H]1CCC2C3CCC4CC(Oc5ccc(C=CC(=O)OCCCCCCBr)cc5)CC[C@]4(C)C3CC[C@@]21C. The molecule has 0 spiro atoms. The van der Waals surface area contributed by atoms with Crippen molar-refractivity contribution in [1.29, 1.82) is 0 Å². The zero-order valence-electron chi connectivity index (χ0n) is 29.9. The summed E-state index contributed by atoms with van der Waals surface area (Å²) in [6.45, 7) is 13.3. The number of hydrogen-bond donors (Lipinski definition) is 0. The molecule has 46 heavy (non-hydrogen) atoms. The zero-order valence-corrected chi connectivity index (χ0v) is 31.5. The molecule has 0 radical (unpaired) electrons. The van der Waals surface area contributed by atoms with E-state index in [1.54, 1.807) is 6.08 Å². The summed E-state index contributed by atoms with van der Waals surface area (Å²) in [7, 11) is 0. The number of carbonyl (C=O) groups excluding carboxylic acids is 1. The molecule has 0 heterocycles. The van der Waals surface area contributed by atoms with Gasteiger partial charge in [-0.15, -0.1) is 0 Å². The molecule has 258 valence electrons. The van der Waals surface area contributed by atoms with E-state index in [-0.39, 0.29) is 5.97 Å². The highest BCUT2D eigenvalue weighted by Crippen LogP contribution is 2.68. The van der Waals surface area contributed by atoms with Crippen LogP contribution in [0.3, 0.4) is 0 Å². The molecule has 4 fully saturated rings. The van der Waals surface area contributed by atoms with Gasteiger partial charge in [0.05, 0.1) is 12.7 Å². The average Bonchev–Trinajstić information content (AvgIpc) is 3.39. The van der Waals surface area contributed by atoms with Crippen molar-refractivity contribution in [3.05, 3.63) is 35.9 Å². The monoisotopic (exact) mass is 696 g/mol. The Morgan fingerprint density at radius 1 is 0.870 bits per heavy atom. The Hall–Kier alpha value is -1.29. The van der Waals surface area contributed by atoms with E-state index >= 15 is 0 Å². The van der Waals surface area contributed by atoms with Crippen LogP contribution in [0.25, 0.3) is 6.08 Å². The summed E-state index contributed by atoms with van der Waals surface area (Å²) < 4.78 is 12.0. The third-order valence-electron chi connectivity index (χ3n) is 13.7. The second-order valence-corrected chi connectivity index (χ2v) is 17.7. The third-order valence-corrected chi connectivity index (χ3v) is 14.2. The van der Waals surface area contributed by atoms with E-state index in [2.05, 4.69) is 74.8 Å². The molecule has 4 aliphatic rings. The molecule has 4 saturated carbocycles. The summed E-state index contributed by atoms with van der Waals surface area (Å²) in [6, 6.07) is 8.25. The predicted octanol–water partition coefficient (Wildman–Crippen LogP) is 12.1. The van der Waals surface area contributed by atoms with Crippen LogP contribution < -0.4 is 4.74 Å². The van der Waals surface area contributed by atoms with Crippen LogP contribution in [-0.4, -0.2) is 24.0 Å². The quantitative estimate of drug-likeness (QED) is 0.0792. The Labute approximate surface area is 290 Å². The molecule has 0 amide bonds. The van der Waals surface area contributed by atoms with Gasteiger partial charge in [-0.25, -0.2) is 4.79 Å². The number of carbonyl (C=O) groups is 1. The first-order valence-corrected chi connectivity index (χ1v) is 20.4. The van der Waals surface area contributed by atoms with Crippen LogP contribution in [0.1, 0.15) is 143 Å². The second kappa shape index (κ2) is 16.4. The van der Waals surface area contributed by atoms with Gasteiger partial charge >= 0.3 is 5.97 Å². The van der Waals surface area contributed by atoms with Gasteiger partial charge in [-0.2, -0.15) is 0 Å². The van der Waals surface area contributed by atoms with Crippen LogP contribution in [0.4, 0.5) is 0 Å². The molecule has 1 aromatic carbocycles. The van der Waals surface area contributed by atoms with Crippen molar-refractivity contribution in [1.82, 2.24) is 0 Å². The van der Waals surface area contributed by atoms with Crippen molar-refractivity contribution >= 4 is 28.0 Å². The van der Waals surface area contributed by atoms with Gasteiger partial charge in [0.1, 0.15) is 5.75 Å². The summed E-state index contributed by atoms with van der Waals surface area (Å²) in [5, 5.41) is 1.04. The highest BCUT2D eigenvalue weighted by Gasteiger charge is 2.60. The molecule has 0 aliphatic heterocycles. The van der Waals surface area contributed by atoms with E-state index < -0.39 is 0 Å². The summed E-state index contributed by atoms with van der Waals surface area (Å²) in [5.74, 6) is 6.98. The fourth-order valence-corrected chi connectivity index (χ4v) is 11.5. The number of unbranched alkanes of at least 4 members (excludes halogenated alkanes) is 3. The maximum atomic E-state index is 12.1. The normalized spacial score (nSPS) is 34.6. The number of esters is 1. The molecule has 0 bridgehead atoms. The van der Waals surface area contributed by atoms with E-state index in [9.17, 15) is 4.79 Å². The molecule has 5 rings (SSSR count). The summed E-state index contributed by atoms with van der Waals surface area (Å²) in [6.07, 6.45) is 24.8. The van der Waals surface area contributed by atoms with Gasteiger partial charge in [-0.05, 0) is 147 Å². The molecular weight excluding hydrogens is 632 g/mol. The second-order valence-electron chi connectivity index (χ2n) is 16.9. The first kappa shape index (κ1) is 36.0. The van der Waals surface area contributed by atoms with E-state index in [1.807, 2.05) is 6.08 Å². The van der Waals surface area contributed by atoms with Gasteiger partial charge < -0.3 is 9.47 Å². The molecule has 0 N–H and O–H groups in total. The van der Waals surface area contributed by atoms with Crippen LogP contribution in [-0.2, 0) is 9.53 Å². The van der Waals surface area contributed by atoms with Crippen LogP contribution in [0.15, 0.2) is 30.3 Å². The topological polar surface area (TPSA) is 35.5 Å². The van der Waals surface area contributed by atoms with Gasteiger partial charge in [0.15, 0.2) is 0 Å². The molecule has 1 aromatic rings. The number of halogens is 1. The van der Waals surface area contributed by atoms with Crippen molar-refractivity contribution in [2.45, 2.75) is 143 Å². The minimum atomic E-state index is -0.261. The number of benzene rings is 1. The van der Waals surface area contributed by atoms with Gasteiger partial charge in [0.2, 0.25) is 0 Å². The lowest BCUT2D eigenvalue weighted by Gasteiger charge is -2.61. The Bertz CT molecular complexity index is 1130. The van der Waals surface area contributed by atoms with Crippen molar-refractivity contribution in [3.63, 3.8) is 0 Å². The highest BCUT2D eigenvalue weighted by atomic mass is 79.9. The van der Waals surface area contributed by atoms with Crippen LogP contribution >= 0.6 is 15.9 Å². The fourth-order valence-electron chi connectivity index (χ4n) is 11.1. The first-order valence-electron chi connectivity index (χ1n) is 19.3. The Morgan fingerprint density at radius 3 is 2.37 bits per heavy atom. The average molecular weight is 698 g/mol. The Balaban J connectivity index is 1.10. The van der Waals surface area contributed by atoms with Crippen molar-refractivity contribution in [2.75, 3.05) is 11.9 Å². The van der Waals surface area contributed by atoms with Crippen molar-refractivity contribution < 1.29 is 14.3 Å². The standard InChI is InChI=1S/C42H65BrO3/c1-30(2)11-10-12-31(3)37-20-21-38-36-19-16-33-29-35(23-25-41(33,4)39(36)24-26-42(37,38)5)46-34-17-13-32(14-18-34)15-22-40(44)45-28-9-7-6-8-27-43/h13-15,17-18,22,30-31,33,35-39H,6-12,16,19-21,23-29H2,1-5H3/t31-,33?,35?,36?,37-,38?,39?,41+,42-/m1/s1.